The lowest BCUT2D eigenvalue weighted by Gasteiger charge is -2.37. The second-order valence-corrected chi connectivity index (χ2v) is 8.49. The minimum absolute atomic E-state index is 0.318. The second-order valence-electron chi connectivity index (χ2n) is 7.27. The predicted molar refractivity (Wildman–Crippen MR) is 108 cm³/mol. The van der Waals surface area contributed by atoms with Gasteiger partial charge in [0, 0.05) is 57.9 Å². The molecule has 138 valence electrons. The third-order valence-corrected chi connectivity index (χ3v) is 6.56. The fourth-order valence-electron chi connectivity index (χ4n) is 3.76. The Morgan fingerprint density at radius 2 is 1.92 bits per heavy atom. The van der Waals surface area contributed by atoms with Gasteiger partial charge in [0.2, 0.25) is 5.91 Å². The molecule has 0 N–H and O–H groups in total. The number of amides is 1. The van der Waals surface area contributed by atoms with Crippen LogP contribution in [-0.4, -0.2) is 73.0 Å². The molecule has 0 atom stereocenters. The quantitative estimate of drug-likeness (QED) is 0.806. The number of hydrogen-bond donors (Lipinski definition) is 0. The van der Waals surface area contributed by atoms with E-state index in [1.807, 2.05) is 23.7 Å². The SMILES string of the molecule is Cc1cccc(N2CCN(CCC(=O)N(C)C3CCSCC3)CC2)c1. The van der Waals surface area contributed by atoms with Crippen LogP contribution in [0.1, 0.15) is 24.8 Å². The van der Waals surface area contributed by atoms with Crippen LogP contribution in [0.2, 0.25) is 0 Å². The van der Waals surface area contributed by atoms with Gasteiger partial charge in [0.25, 0.3) is 0 Å². The first-order chi connectivity index (χ1) is 12.1. The molecular weight excluding hydrogens is 330 g/mol. The highest BCUT2D eigenvalue weighted by atomic mass is 32.2. The molecule has 25 heavy (non-hydrogen) atoms. The first-order valence-corrected chi connectivity index (χ1v) is 10.7. The van der Waals surface area contributed by atoms with Gasteiger partial charge in [0.1, 0.15) is 0 Å². The van der Waals surface area contributed by atoms with Crippen molar-refractivity contribution in [2.24, 2.45) is 0 Å². The number of carbonyl (C=O) groups is 1. The van der Waals surface area contributed by atoms with Crippen molar-refractivity contribution in [3.8, 4) is 0 Å². The van der Waals surface area contributed by atoms with Crippen molar-refractivity contribution in [1.29, 1.82) is 0 Å². The van der Waals surface area contributed by atoms with Crippen molar-refractivity contribution < 1.29 is 4.79 Å². The number of nitrogens with zero attached hydrogens (tertiary/aromatic N) is 3. The van der Waals surface area contributed by atoms with Gasteiger partial charge in [-0.1, -0.05) is 12.1 Å². The molecule has 1 aromatic rings. The molecule has 1 aromatic carbocycles. The molecule has 2 saturated heterocycles. The molecule has 0 aliphatic carbocycles. The third-order valence-electron chi connectivity index (χ3n) is 5.51. The Morgan fingerprint density at radius 3 is 2.60 bits per heavy atom. The molecule has 1 amide bonds. The summed E-state index contributed by atoms with van der Waals surface area (Å²) in [7, 11) is 2.00. The summed E-state index contributed by atoms with van der Waals surface area (Å²) in [5.74, 6) is 2.71. The van der Waals surface area contributed by atoms with Crippen LogP contribution in [0.5, 0.6) is 0 Å². The van der Waals surface area contributed by atoms with Crippen LogP contribution in [-0.2, 0) is 4.79 Å². The molecule has 0 saturated carbocycles. The lowest BCUT2D eigenvalue weighted by Crippen LogP contribution is -2.48. The van der Waals surface area contributed by atoms with Gasteiger partial charge in [0.05, 0.1) is 0 Å². The molecular formula is C20H31N3OS. The van der Waals surface area contributed by atoms with Crippen LogP contribution < -0.4 is 4.90 Å². The van der Waals surface area contributed by atoms with E-state index in [-0.39, 0.29) is 0 Å². The fraction of sp³-hybridized carbons (Fsp3) is 0.650. The molecule has 2 heterocycles. The van der Waals surface area contributed by atoms with Gasteiger partial charge in [-0.25, -0.2) is 0 Å². The van der Waals surface area contributed by atoms with Crippen molar-refractivity contribution in [3.05, 3.63) is 29.8 Å². The lowest BCUT2D eigenvalue weighted by atomic mass is 10.1. The minimum Gasteiger partial charge on any atom is -0.369 e. The summed E-state index contributed by atoms with van der Waals surface area (Å²) in [5, 5.41) is 0. The number of thioether (sulfide) groups is 1. The summed E-state index contributed by atoms with van der Waals surface area (Å²) in [6.45, 7) is 7.23. The summed E-state index contributed by atoms with van der Waals surface area (Å²) in [6, 6.07) is 9.20. The summed E-state index contributed by atoms with van der Waals surface area (Å²) < 4.78 is 0. The van der Waals surface area contributed by atoms with Gasteiger partial charge in [0.15, 0.2) is 0 Å². The van der Waals surface area contributed by atoms with E-state index in [9.17, 15) is 4.79 Å². The van der Waals surface area contributed by atoms with Crippen LogP contribution in [0, 0.1) is 6.92 Å². The highest BCUT2D eigenvalue weighted by Crippen LogP contribution is 2.21. The van der Waals surface area contributed by atoms with Crippen LogP contribution in [0.3, 0.4) is 0 Å². The largest absolute Gasteiger partial charge is 0.369 e. The standard InChI is InChI=1S/C20H31N3OS/c1-17-4-3-5-19(16-17)23-12-10-22(11-13-23)9-6-20(24)21(2)18-7-14-25-15-8-18/h3-5,16,18H,6-15H2,1-2H3. The highest BCUT2D eigenvalue weighted by Gasteiger charge is 2.23. The van der Waals surface area contributed by atoms with Gasteiger partial charge in [-0.15, -0.1) is 0 Å². The van der Waals surface area contributed by atoms with E-state index < -0.39 is 0 Å². The van der Waals surface area contributed by atoms with Gasteiger partial charge >= 0.3 is 0 Å². The maximum atomic E-state index is 12.5. The Hall–Kier alpha value is -1.20. The lowest BCUT2D eigenvalue weighted by molar-refractivity contribution is -0.132. The third kappa shape index (κ3) is 5.14. The van der Waals surface area contributed by atoms with Gasteiger partial charge in [-0.3, -0.25) is 9.69 Å². The predicted octanol–water partition coefficient (Wildman–Crippen LogP) is 2.86. The van der Waals surface area contributed by atoms with E-state index in [0.29, 0.717) is 18.4 Å². The first-order valence-electron chi connectivity index (χ1n) is 9.51. The van der Waals surface area contributed by atoms with Gasteiger partial charge in [-0.05, 0) is 49.0 Å². The number of hydrogen-bond acceptors (Lipinski definition) is 4. The van der Waals surface area contributed by atoms with Crippen molar-refractivity contribution in [2.45, 2.75) is 32.2 Å². The van der Waals surface area contributed by atoms with Gasteiger partial charge < -0.3 is 9.80 Å². The molecule has 2 aliphatic heterocycles. The van der Waals surface area contributed by atoms with Crippen molar-refractivity contribution in [1.82, 2.24) is 9.80 Å². The van der Waals surface area contributed by atoms with E-state index >= 15 is 0 Å². The van der Waals surface area contributed by atoms with Gasteiger partial charge in [-0.2, -0.15) is 11.8 Å². The number of anilines is 1. The molecule has 0 unspecified atom stereocenters. The molecule has 0 spiro atoms. The second kappa shape index (κ2) is 8.95. The van der Waals surface area contributed by atoms with Crippen LogP contribution in [0.25, 0.3) is 0 Å². The molecule has 0 bridgehead atoms. The Morgan fingerprint density at radius 1 is 1.20 bits per heavy atom. The average Bonchev–Trinajstić information content (AvgIpc) is 2.66. The van der Waals surface area contributed by atoms with E-state index in [0.717, 1.165) is 45.6 Å². The van der Waals surface area contributed by atoms with E-state index in [2.05, 4.69) is 41.0 Å². The van der Waals surface area contributed by atoms with Crippen molar-refractivity contribution in [3.63, 3.8) is 0 Å². The molecule has 4 nitrogen and oxygen atoms in total. The molecule has 5 heteroatoms. The number of carbonyl (C=O) groups excluding carboxylic acids is 1. The average molecular weight is 362 g/mol. The maximum Gasteiger partial charge on any atom is 0.223 e. The minimum atomic E-state index is 0.318. The molecule has 3 rings (SSSR count). The van der Waals surface area contributed by atoms with E-state index in [1.54, 1.807) is 0 Å². The van der Waals surface area contributed by atoms with Crippen molar-refractivity contribution >= 4 is 23.4 Å². The van der Waals surface area contributed by atoms with Crippen LogP contribution in [0.15, 0.2) is 24.3 Å². The number of piperazine rings is 1. The summed E-state index contributed by atoms with van der Waals surface area (Å²) in [5.41, 5.74) is 2.64. The highest BCUT2D eigenvalue weighted by molar-refractivity contribution is 7.99. The normalized spacial score (nSPS) is 19.8. The fourth-order valence-corrected chi connectivity index (χ4v) is 4.84. The Labute approximate surface area is 156 Å². The zero-order valence-electron chi connectivity index (χ0n) is 15.6. The molecule has 0 aromatic heterocycles. The molecule has 2 aliphatic rings. The van der Waals surface area contributed by atoms with E-state index in [1.165, 1.54) is 22.8 Å². The summed E-state index contributed by atoms with van der Waals surface area (Å²) in [4.78, 5) is 19.4. The number of aryl methyl sites for hydroxylation is 1. The van der Waals surface area contributed by atoms with Crippen molar-refractivity contribution in [2.75, 3.05) is 56.2 Å². The number of benzene rings is 1. The smallest absolute Gasteiger partial charge is 0.223 e. The number of rotatable bonds is 5. The van der Waals surface area contributed by atoms with Crippen LogP contribution >= 0.6 is 11.8 Å². The zero-order chi connectivity index (χ0) is 17.6. The van der Waals surface area contributed by atoms with Crippen LogP contribution in [0.4, 0.5) is 5.69 Å². The Bertz CT molecular complexity index is 566. The summed E-state index contributed by atoms with van der Waals surface area (Å²) >= 11 is 2.01. The molecule has 0 radical (unpaired) electrons. The Kier molecular flexibility index (Phi) is 6.65. The zero-order valence-corrected chi connectivity index (χ0v) is 16.4. The monoisotopic (exact) mass is 361 g/mol. The first kappa shape index (κ1) is 18.6. The topological polar surface area (TPSA) is 26.8 Å². The summed E-state index contributed by atoms with van der Waals surface area (Å²) in [6.07, 6.45) is 2.97. The Balaban J connectivity index is 1.41. The van der Waals surface area contributed by atoms with E-state index in [4.69, 9.17) is 0 Å². The molecule has 2 fully saturated rings. The maximum absolute atomic E-state index is 12.5.